The summed E-state index contributed by atoms with van der Waals surface area (Å²) in [5, 5.41) is 4.51. The van der Waals surface area contributed by atoms with Gasteiger partial charge in [-0.1, -0.05) is 12.1 Å². The van der Waals surface area contributed by atoms with Gasteiger partial charge in [-0.25, -0.2) is 4.98 Å². The lowest BCUT2D eigenvalue weighted by Crippen LogP contribution is -2.28. The van der Waals surface area contributed by atoms with Crippen LogP contribution in [-0.4, -0.2) is 26.3 Å². The summed E-state index contributed by atoms with van der Waals surface area (Å²) < 4.78 is 2.07. The molecule has 112 valence electrons. The topological polar surface area (TPSA) is 69.6 Å². The summed E-state index contributed by atoms with van der Waals surface area (Å²) in [7, 11) is 0. The zero-order valence-electron chi connectivity index (χ0n) is 12.4. The summed E-state index contributed by atoms with van der Waals surface area (Å²) >= 11 is 0. The molecule has 1 aliphatic rings. The second-order valence-electron chi connectivity index (χ2n) is 6.02. The van der Waals surface area contributed by atoms with Crippen molar-refractivity contribution in [2.45, 2.75) is 25.3 Å². The lowest BCUT2D eigenvalue weighted by molar-refractivity contribution is 0.176. The van der Waals surface area contributed by atoms with Gasteiger partial charge in [0.1, 0.15) is 0 Å². The molecule has 1 fully saturated rings. The third-order valence-electron chi connectivity index (χ3n) is 4.51. The second-order valence-corrected chi connectivity index (χ2v) is 6.02. The van der Waals surface area contributed by atoms with Crippen LogP contribution in [0, 0.1) is 5.92 Å². The summed E-state index contributed by atoms with van der Waals surface area (Å²) in [6, 6.07) is 8.43. The molecule has 0 saturated heterocycles. The molecule has 5 nitrogen and oxygen atoms in total. The third kappa shape index (κ3) is 2.37. The van der Waals surface area contributed by atoms with Crippen molar-refractivity contribution < 1.29 is 0 Å². The first-order valence-electron chi connectivity index (χ1n) is 7.80. The number of rotatable bonds is 4. The zero-order valence-corrected chi connectivity index (χ0v) is 12.4. The Labute approximate surface area is 129 Å². The molecular formula is C17H19N5. The standard InChI is InChI=1S/C17H19N5/c18-6-5-12-7-14(8-12)22-11-13(9-20-22)17-10-19-15-3-1-2-4-16(15)21-17/h1-4,9-12,14H,5-8,18H2. The highest BCUT2D eigenvalue weighted by atomic mass is 15.3. The molecule has 2 N–H and O–H groups in total. The van der Waals surface area contributed by atoms with Crippen LogP contribution < -0.4 is 5.73 Å². The number of fused-ring (bicyclic) bond motifs is 1. The summed E-state index contributed by atoms with van der Waals surface area (Å²) in [6.45, 7) is 0.786. The van der Waals surface area contributed by atoms with E-state index in [2.05, 4.69) is 25.9 Å². The monoisotopic (exact) mass is 293 g/mol. The van der Waals surface area contributed by atoms with Crippen molar-refractivity contribution in [2.75, 3.05) is 6.54 Å². The molecule has 3 aromatic rings. The summed E-state index contributed by atoms with van der Waals surface area (Å²) in [6.07, 6.45) is 9.28. The van der Waals surface area contributed by atoms with E-state index in [1.807, 2.05) is 36.7 Å². The highest BCUT2D eigenvalue weighted by Crippen LogP contribution is 2.39. The van der Waals surface area contributed by atoms with E-state index in [1.165, 1.54) is 12.8 Å². The van der Waals surface area contributed by atoms with Crippen LogP contribution in [0.4, 0.5) is 0 Å². The molecule has 0 bridgehead atoms. The number of nitrogens with zero attached hydrogens (tertiary/aromatic N) is 4. The maximum Gasteiger partial charge on any atom is 0.0924 e. The smallest absolute Gasteiger partial charge is 0.0924 e. The maximum absolute atomic E-state index is 5.61. The minimum atomic E-state index is 0.513. The first kappa shape index (κ1) is 13.4. The van der Waals surface area contributed by atoms with E-state index < -0.39 is 0 Å². The molecule has 0 amide bonds. The Balaban J connectivity index is 1.55. The van der Waals surface area contributed by atoms with E-state index in [1.54, 1.807) is 0 Å². The van der Waals surface area contributed by atoms with Crippen molar-refractivity contribution in [2.24, 2.45) is 11.7 Å². The Morgan fingerprint density at radius 2 is 1.95 bits per heavy atom. The van der Waals surface area contributed by atoms with Crippen LogP contribution in [0.3, 0.4) is 0 Å². The van der Waals surface area contributed by atoms with Crippen LogP contribution in [0.1, 0.15) is 25.3 Å². The van der Waals surface area contributed by atoms with Crippen LogP contribution >= 0.6 is 0 Å². The predicted molar refractivity (Wildman–Crippen MR) is 86.2 cm³/mol. The number of para-hydroxylation sites is 2. The number of aromatic nitrogens is 4. The molecule has 2 aromatic heterocycles. The fraction of sp³-hybridized carbons (Fsp3) is 0.353. The van der Waals surface area contributed by atoms with Crippen LogP contribution in [0.5, 0.6) is 0 Å². The molecule has 0 unspecified atom stereocenters. The number of nitrogens with two attached hydrogens (primary N) is 1. The van der Waals surface area contributed by atoms with Crippen molar-refractivity contribution in [3.05, 3.63) is 42.9 Å². The highest BCUT2D eigenvalue weighted by molar-refractivity contribution is 5.76. The van der Waals surface area contributed by atoms with E-state index >= 15 is 0 Å². The molecule has 5 heteroatoms. The number of benzene rings is 1. The Morgan fingerprint density at radius 3 is 2.77 bits per heavy atom. The Morgan fingerprint density at radius 1 is 1.14 bits per heavy atom. The molecule has 22 heavy (non-hydrogen) atoms. The van der Waals surface area contributed by atoms with Gasteiger partial charge >= 0.3 is 0 Å². The van der Waals surface area contributed by atoms with Gasteiger partial charge < -0.3 is 5.73 Å². The Bertz CT molecular complexity index is 788. The first-order valence-corrected chi connectivity index (χ1v) is 7.80. The lowest BCUT2D eigenvalue weighted by Gasteiger charge is -2.35. The van der Waals surface area contributed by atoms with E-state index in [4.69, 9.17) is 5.73 Å². The van der Waals surface area contributed by atoms with Crippen molar-refractivity contribution >= 4 is 11.0 Å². The average molecular weight is 293 g/mol. The molecule has 1 aliphatic carbocycles. The van der Waals surface area contributed by atoms with Gasteiger partial charge in [-0.05, 0) is 43.9 Å². The zero-order chi connectivity index (χ0) is 14.9. The fourth-order valence-corrected chi connectivity index (χ4v) is 3.15. The summed E-state index contributed by atoms with van der Waals surface area (Å²) in [5.41, 5.74) is 9.35. The molecule has 0 atom stereocenters. The first-order chi connectivity index (χ1) is 10.8. The van der Waals surface area contributed by atoms with Crippen molar-refractivity contribution in [3.8, 4) is 11.3 Å². The summed E-state index contributed by atoms with van der Waals surface area (Å²) in [4.78, 5) is 9.14. The van der Waals surface area contributed by atoms with E-state index in [0.29, 0.717) is 6.04 Å². The minimum absolute atomic E-state index is 0.513. The highest BCUT2D eigenvalue weighted by Gasteiger charge is 2.30. The summed E-state index contributed by atoms with van der Waals surface area (Å²) in [5.74, 6) is 0.767. The molecule has 1 aromatic carbocycles. The molecule has 0 aliphatic heterocycles. The molecule has 0 radical (unpaired) electrons. The predicted octanol–water partition coefficient (Wildman–Crippen LogP) is 2.79. The van der Waals surface area contributed by atoms with Gasteiger partial charge in [0.25, 0.3) is 0 Å². The fourth-order valence-electron chi connectivity index (χ4n) is 3.15. The van der Waals surface area contributed by atoms with E-state index in [-0.39, 0.29) is 0 Å². The lowest BCUT2D eigenvalue weighted by atomic mass is 9.78. The van der Waals surface area contributed by atoms with Gasteiger partial charge in [-0.3, -0.25) is 9.67 Å². The van der Waals surface area contributed by atoms with Gasteiger partial charge in [0.05, 0.1) is 35.2 Å². The second kappa shape index (κ2) is 5.50. The molecule has 4 rings (SSSR count). The van der Waals surface area contributed by atoms with E-state index in [0.717, 1.165) is 41.2 Å². The molecule has 2 heterocycles. The maximum atomic E-state index is 5.61. The van der Waals surface area contributed by atoms with Crippen LogP contribution in [0.15, 0.2) is 42.9 Å². The van der Waals surface area contributed by atoms with Crippen LogP contribution in [0.2, 0.25) is 0 Å². The van der Waals surface area contributed by atoms with Crippen molar-refractivity contribution in [1.29, 1.82) is 0 Å². The quantitative estimate of drug-likeness (QED) is 0.803. The average Bonchev–Trinajstić information content (AvgIpc) is 2.99. The minimum Gasteiger partial charge on any atom is -0.330 e. The molecular weight excluding hydrogens is 274 g/mol. The van der Waals surface area contributed by atoms with Gasteiger partial charge in [0.15, 0.2) is 0 Å². The Hall–Kier alpha value is -2.27. The number of hydrogen-bond acceptors (Lipinski definition) is 4. The van der Waals surface area contributed by atoms with Crippen molar-refractivity contribution in [1.82, 2.24) is 19.7 Å². The van der Waals surface area contributed by atoms with Crippen LogP contribution in [0.25, 0.3) is 22.3 Å². The molecule has 0 spiro atoms. The SMILES string of the molecule is NCCC1CC(n2cc(-c3cnc4ccccc4n3)cn2)C1. The normalized spacial score (nSPS) is 21.0. The van der Waals surface area contributed by atoms with Crippen molar-refractivity contribution in [3.63, 3.8) is 0 Å². The van der Waals surface area contributed by atoms with Gasteiger partial charge in [-0.15, -0.1) is 0 Å². The Kier molecular flexibility index (Phi) is 3.35. The third-order valence-corrected chi connectivity index (χ3v) is 4.51. The van der Waals surface area contributed by atoms with Gasteiger partial charge in [0.2, 0.25) is 0 Å². The van der Waals surface area contributed by atoms with Crippen LogP contribution in [-0.2, 0) is 0 Å². The molecule has 1 saturated carbocycles. The largest absolute Gasteiger partial charge is 0.330 e. The van der Waals surface area contributed by atoms with Gasteiger partial charge in [0, 0.05) is 11.8 Å². The number of hydrogen-bond donors (Lipinski definition) is 1. The van der Waals surface area contributed by atoms with Gasteiger partial charge in [-0.2, -0.15) is 5.10 Å². The van der Waals surface area contributed by atoms with E-state index in [9.17, 15) is 0 Å².